The summed E-state index contributed by atoms with van der Waals surface area (Å²) in [5.41, 5.74) is 0. The standard InChI is InChI=1S/C77H134O6/c1-4-7-10-13-16-19-22-25-28-31-34-35-36-37-38-39-40-41-44-46-49-52-55-58-61-64-67-70-76(79)82-73-74(83-77(80)71-68-65-62-59-56-53-50-47-43-33-30-27-24-21-18-15-12-9-6-3)72-81-75(78)69-66-63-60-57-54-51-48-45-42-32-29-26-23-20-17-14-11-8-5-2/h7,10,16,18-19,21,25-30,34-35,43,47,74H,4-6,8-9,11-15,17,20,22-24,31-33,36-42,44-46,48-73H2,1-3H3/b10-7-,19-16-,21-18-,28-25-,29-26-,30-27-,35-34-,47-43-. The molecule has 0 fully saturated rings. The van der Waals surface area contributed by atoms with Gasteiger partial charge in [-0.05, 0) is 122 Å². The van der Waals surface area contributed by atoms with Gasteiger partial charge in [0.15, 0.2) is 6.10 Å². The number of esters is 3. The van der Waals surface area contributed by atoms with Crippen molar-refractivity contribution in [3.05, 3.63) is 97.2 Å². The van der Waals surface area contributed by atoms with E-state index in [2.05, 4.69) is 118 Å². The molecule has 0 spiro atoms. The Morgan fingerprint density at radius 2 is 0.470 bits per heavy atom. The molecule has 1 unspecified atom stereocenters. The maximum absolute atomic E-state index is 13.0. The van der Waals surface area contributed by atoms with Gasteiger partial charge in [-0.15, -0.1) is 0 Å². The molecule has 0 aliphatic carbocycles. The van der Waals surface area contributed by atoms with Crippen molar-refractivity contribution in [1.82, 2.24) is 0 Å². The van der Waals surface area contributed by atoms with Crippen LogP contribution in [-0.4, -0.2) is 37.2 Å². The van der Waals surface area contributed by atoms with Crippen molar-refractivity contribution in [2.75, 3.05) is 13.2 Å². The van der Waals surface area contributed by atoms with E-state index in [9.17, 15) is 14.4 Å². The fraction of sp³-hybridized carbons (Fsp3) is 0.753. The van der Waals surface area contributed by atoms with E-state index in [0.29, 0.717) is 19.3 Å². The van der Waals surface area contributed by atoms with Crippen molar-refractivity contribution in [3.8, 4) is 0 Å². The minimum atomic E-state index is -0.788. The summed E-state index contributed by atoms with van der Waals surface area (Å²) >= 11 is 0. The fourth-order valence-electron chi connectivity index (χ4n) is 10.2. The molecule has 0 heterocycles. The Hall–Kier alpha value is -3.67. The van der Waals surface area contributed by atoms with Crippen molar-refractivity contribution in [2.24, 2.45) is 0 Å². The highest BCUT2D eigenvalue weighted by Crippen LogP contribution is 2.17. The van der Waals surface area contributed by atoms with E-state index in [1.807, 2.05) is 0 Å². The first-order chi connectivity index (χ1) is 41.0. The van der Waals surface area contributed by atoms with Crippen LogP contribution in [0.25, 0.3) is 0 Å². The fourth-order valence-corrected chi connectivity index (χ4v) is 10.2. The smallest absolute Gasteiger partial charge is 0.306 e. The Kier molecular flexibility index (Phi) is 67.7. The zero-order valence-corrected chi connectivity index (χ0v) is 54.9. The number of carbonyl (C=O) groups excluding carboxylic acids is 3. The molecular formula is C77H134O6. The minimum absolute atomic E-state index is 0.0815. The molecule has 0 radical (unpaired) electrons. The molecule has 0 saturated carbocycles. The maximum atomic E-state index is 13.0. The number of rotatable bonds is 65. The average molecular weight is 1160 g/mol. The largest absolute Gasteiger partial charge is 0.462 e. The zero-order chi connectivity index (χ0) is 59.9. The topological polar surface area (TPSA) is 78.9 Å². The molecule has 478 valence electrons. The molecule has 6 heteroatoms. The summed E-state index contributed by atoms with van der Waals surface area (Å²) in [7, 11) is 0. The number of unbranched alkanes of at least 4 members (excludes halogenated alkanes) is 38. The molecule has 1 atom stereocenters. The molecule has 83 heavy (non-hydrogen) atoms. The molecule has 0 aromatic carbocycles. The van der Waals surface area contributed by atoms with Gasteiger partial charge in [0.2, 0.25) is 0 Å². The van der Waals surface area contributed by atoms with Crippen LogP contribution in [-0.2, 0) is 28.6 Å². The SMILES string of the molecule is CC/C=C\C/C=C\C/C=C\C/C=C\CCCCCCCCCCCCCCCCC(=O)OCC(COC(=O)CCCCCCCCCCC/C=C\CCCCCCCC)OC(=O)CCCCCCCC/C=C\C/C=C\C/C=C\CCCCC. The molecule has 0 N–H and O–H groups in total. The van der Waals surface area contributed by atoms with Crippen LogP contribution < -0.4 is 0 Å². The van der Waals surface area contributed by atoms with Crippen molar-refractivity contribution in [3.63, 3.8) is 0 Å². The monoisotopic (exact) mass is 1160 g/mol. The highest BCUT2D eigenvalue weighted by molar-refractivity contribution is 5.71. The normalized spacial score (nSPS) is 12.7. The van der Waals surface area contributed by atoms with E-state index in [-0.39, 0.29) is 31.1 Å². The first-order valence-electron chi connectivity index (χ1n) is 35.7. The van der Waals surface area contributed by atoms with Gasteiger partial charge in [-0.25, -0.2) is 0 Å². The van der Waals surface area contributed by atoms with Crippen molar-refractivity contribution < 1.29 is 28.6 Å². The van der Waals surface area contributed by atoms with Gasteiger partial charge >= 0.3 is 17.9 Å². The molecule has 0 amide bonds. The van der Waals surface area contributed by atoms with Crippen LogP contribution in [0.1, 0.15) is 355 Å². The molecule has 0 rings (SSSR count). The highest BCUT2D eigenvalue weighted by atomic mass is 16.6. The van der Waals surface area contributed by atoms with E-state index in [4.69, 9.17) is 14.2 Å². The minimum Gasteiger partial charge on any atom is -0.462 e. The molecule has 0 saturated heterocycles. The second kappa shape index (κ2) is 70.8. The van der Waals surface area contributed by atoms with Gasteiger partial charge in [0.1, 0.15) is 13.2 Å². The van der Waals surface area contributed by atoms with Gasteiger partial charge in [-0.1, -0.05) is 311 Å². The van der Waals surface area contributed by atoms with Crippen LogP contribution in [0, 0.1) is 0 Å². The van der Waals surface area contributed by atoms with Crippen LogP contribution >= 0.6 is 0 Å². The molecule has 0 aromatic heterocycles. The number of allylic oxidation sites excluding steroid dienone is 16. The number of carbonyl (C=O) groups is 3. The Morgan fingerprint density at radius 1 is 0.253 bits per heavy atom. The lowest BCUT2D eigenvalue weighted by Gasteiger charge is -2.18. The molecule has 0 aromatic rings. The van der Waals surface area contributed by atoms with Gasteiger partial charge in [0.05, 0.1) is 0 Å². The zero-order valence-electron chi connectivity index (χ0n) is 54.9. The lowest BCUT2D eigenvalue weighted by atomic mass is 10.0. The van der Waals surface area contributed by atoms with E-state index in [0.717, 1.165) is 109 Å². The summed E-state index contributed by atoms with van der Waals surface area (Å²) < 4.78 is 17.0. The molecule has 0 aliphatic rings. The van der Waals surface area contributed by atoms with Crippen molar-refractivity contribution in [2.45, 2.75) is 361 Å². The molecular weight excluding hydrogens is 1020 g/mol. The van der Waals surface area contributed by atoms with Crippen LogP contribution in [0.5, 0.6) is 0 Å². The second-order valence-corrected chi connectivity index (χ2v) is 23.8. The van der Waals surface area contributed by atoms with Crippen LogP contribution in [0.15, 0.2) is 97.2 Å². The lowest BCUT2D eigenvalue weighted by molar-refractivity contribution is -0.167. The number of hydrogen-bond acceptors (Lipinski definition) is 6. The summed E-state index contributed by atoms with van der Waals surface area (Å²) in [5, 5.41) is 0. The van der Waals surface area contributed by atoms with Crippen molar-refractivity contribution in [1.29, 1.82) is 0 Å². The van der Waals surface area contributed by atoms with Gasteiger partial charge in [-0.2, -0.15) is 0 Å². The van der Waals surface area contributed by atoms with Crippen molar-refractivity contribution >= 4 is 17.9 Å². The third-order valence-corrected chi connectivity index (χ3v) is 15.5. The van der Waals surface area contributed by atoms with E-state index in [1.54, 1.807) is 0 Å². The molecule has 6 nitrogen and oxygen atoms in total. The van der Waals surface area contributed by atoms with Crippen LogP contribution in [0.4, 0.5) is 0 Å². The number of ether oxygens (including phenoxy) is 3. The van der Waals surface area contributed by atoms with Crippen LogP contribution in [0.3, 0.4) is 0 Å². The van der Waals surface area contributed by atoms with E-state index < -0.39 is 6.10 Å². The van der Waals surface area contributed by atoms with Gasteiger partial charge < -0.3 is 14.2 Å². The average Bonchev–Trinajstić information content (AvgIpc) is 3.50. The molecule has 0 aliphatic heterocycles. The third-order valence-electron chi connectivity index (χ3n) is 15.5. The maximum Gasteiger partial charge on any atom is 0.306 e. The lowest BCUT2D eigenvalue weighted by Crippen LogP contribution is -2.30. The Labute approximate surface area is 515 Å². The Morgan fingerprint density at radius 3 is 0.771 bits per heavy atom. The highest BCUT2D eigenvalue weighted by Gasteiger charge is 2.19. The van der Waals surface area contributed by atoms with E-state index in [1.165, 1.54) is 205 Å². The summed E-state index contributed by atoms with van der Waals surface area (Å²) in [5.74, 6) is -0.879. The summed E-state index contributed by atoms with van der Waals surface area (Å²) in [6, 6.07) is 0. The summed E-state index contributed by atoms with van der Waals surface area (Å²) in [4.78, 5) is 38.5. The Balaban J connectivity index is 4.34. The van der Waals surface area contributed by atoms with Gasteiger partial charge in [0.25, 0.3) is 0 Å². The van der Waals surface area contributed by atoms with Gasteiger partial charge in [-0.3, -0.25) is 14.4 Å². The van der Waals surface area contributed by atoms with E-state index >= 15 is 0 Å². The van der Waals surface area contributed by atoms with Crippen LogP contribution in [0.2, 0.25) is 0 Å². The second-order valence-electron chi connectivity index (χ2n) is 23.8. The third kappa shape index (κ3) is 69.0. The predicted molar refractivity (Wildman–Crippen MR) is 362 cm³/mol. The first kappa shape index (κ1) is 79.3. The quantitative estimate of drug-likeness (QED) is 0.0261. The predicted octanol–water partition coefficient (Wildman–Crippen LogP) is 24.8. The Bertz CT molecular complexity index is 1610. The number of hydrogen-bond donors (Lipinski definition) is 0. The molecule has 0 bridgehead atoms. The summed E-state index contributed by atoms with van der Waals surface area (Å²) in [6.07, 6.45) is 95.7. The summed E-state index contributed by atoms with van der Waals surface area (Å²) in [6.45, 7) is 6.53. The van der Waals surface area contributed by atoms with Gasteiger partial charge in [0, 0.05) is 19.3 Å². The first-order valence-corrected chi connectivity index (χ1v) is 35.7.